The summed E-state index contributed by atoms with van der Waals surface area (Å²) in [5, 5.41) is 2.63. The van der Waals surface area contributed by atoms with Crippen molar-refractivity contribution in [1.29, 1.82) is 0 Å². The number of benzene rings is 5. The molecule has 0 saturated heterocycles. The van der Waals surface area contributed by atoms with Crippen LogP contribution in [0.25, 0.3) is 0 Å². The smallest absolute Gasteiger partial charge is 0.398 e. The summed E-state index contributed by atoms with van der Waals surface area (Å²) in [6.07, 6.45) is 0.456. The number of nitrogen functional groups attached to an aromatic ring is 1. The van der Waals surface area contributed by atoms with Gasteiger partial charge in [-0.2, -0.15) is 13.2 Å². The molecule has 1 unspecified atom stereocenters. The average Bonchev–Trinajstić information content (AvgIpc) is 3.72. The van der Waals surface area contributed by atoms with Crippen LogP contribution in [0.1, 0.15) is 152 Å². The molecule has 0 aromatic heterocycles. The van der Waals surface area contributed by atoms with Crippen LogP contribution in [0.5, 0.6) is 0 Å². The second kappa shape index (κ2) is 15.7. The van der Waals surface area contributed by atoms with E-state index < -0.39 is 19.7 Å². The minimum absolute atomic E-state index is 0.0130. The highest BCUT2D eigenvalue weighted by atomic mass is 32.2. The molecule has 0 bridgehead atoms. The first kappa shape index (κ1) is 44.5. The van der Waals surface area contributed by atoms with E-state index in [9.17, 15) is 13.2 Å². The third-order valence-corrected chi connectivity index (χ3v) is 17.3. The summed E-state index contributed by atoms with van der Waals surface area (Å²) in [5.74, 6) is 0. The van der Waals surface area contributed by atoms with Gasteiger partial charge in [0.1, 0.15) is 0 Å². The molecule has 5 aromatic rings. The van der Waals surface area contributed by atoms with Crippen LogP contribution < -0.4 is 16.3 Å². The van der Waals surface area contributed by atoms with Gasteiger partial charge < -0.3 is 5.73 Å². The average molecular weight is 848 g/mol. The number of rotatable bonds is 7. The zero-order valence-electron chi connectivity index (χ0n) is 37.9. The summed E-state index contributed by atoms with van der Waals surface area (Å²) in [6, 6.07) is 33.9. The van der Waals surface area contributed by atoms with E-state index >= 15 is 0 Å². The maximum Gasteiger partial charge on any atom is 0.416 e. The standard InChI is InChI=1S/C54H65F3NPS/c1-49(2,3)38-28-39(50(4,5)6)31-42(30-38)59(43-32-40(51(7,8)9)29-41(33-43)52(10,11)12)46(60-44-21-19-37(20-22-44)54(55,56)57)27-36-17-13-15-34-23-25-53(47(34)36)26-24-35-16-14-18-45(58)48(35)53/h13-22,28-33,46H,23-27,58H2,1-12H3/t46?,53-/m1/s1. The van der Waals surface area contributed by atoms with Gasteiger partial charge in [0.25, 0.3) is 0 Å². The first-order valence-corrected chi connectivity index (χ1v) is 24.0. The number of thioether (sulfide) groups is 1. The fraction of sp³-hybridized carbons (Fsp3) is 0.444. The van der Waals surface area contributed by atoms with Gasteiger partial charge in [0.2, 0.25) is 0 Å². The third-order valence-electron chi connectivity index (χ3n) is 13.0. The van der Waals surface area contributed by atoms with Crippen LogP contribution in [0.3, 0.4) is 0 Å². The molecule has 7 rings (SSSR count). The molecule has 0 amide bonds. The minimum atomic E-state index is -4.40. The van der Waals surface area contributed by atoms with Crippen LogP contribution in [0.4, 0.5) is 18.9 Å². The van der Waals surface area contributed by atoms with E-state index in [0.717, 1.165) is 42.7 Å². The summed E-state index contributed by atoms with van der Waals surface area (Å²) >= 11 is 1.76. The summed E-state index contributed by atoms with van der Waals surface area (Å²) < 4.78 is 41.9. The molecule has 2 atom stereocenters. The SMILES string of the molecule is CC(C)(C)c1cc(P(c2cc(C(C)(C)C)cc(C(C)(C)C)c2)C(Cc2cccc3c2[C@]2(CCc4cccc(N)c42)CC3)Sc2ccc(C(F)(F)F)cc2)cc(C(C)(C)C)c1. The lowest BCUT2D eigenvalue weighted by atomic mass is 9.74. The number of hydrogen-bond donors (Lipinski definition) is 1. The van der Waals surface area contributed by atoms with E-state index in [4.69, 9.17) is 5.73 Å². The maximum absolute atomic E-state index is 14.0. The van der Waals surface area contributed by atoms with Crippen LogP contribution in [0, 0.1) is 0 Å². The van der Waals surface area contributed by atoms with E-state index in [2.05, 4.69) is 156 Å². The summed E-state index contributed by atoms with van der Waals surface area (Å²) in [5.41, 5.74) is 18.7. The molecule has 1 spiro atoms. The lowest BCUT2D eigenvalue weighted by Crippen LogP contribution is -2.29. The number of halogens is 3. The molecular formula is C54H65F3NPS. The second-order valence-electron chi connectivity index (χ2n) is 21.6. The molecule has 2 aliphatic carbocycles. The van der Waals surface area contributed by atoms with Gasteiger partial charge in [-0.05, 0) is 153 Å². The Morgan fingerprint density at radius 2 is 1.00 bits per heavy atom. The highest BCUT2D eigenvalue weighted by Crippen LogP contribution is 2.57. The highest BCUT2D eigenvalue weighted by molar-refractivity contribution is 8.07. The zero-order chi connectivity index (χ0) is 43.8. The Balaban J connectivity index is 1.52. The Bertz CT molecular complexity index is 2240. The van der Waals surface area contributed by atoms with Gasteiger partial charge in [0.15, 0.2) is 0 Å². The van der Waals surface area contributed by atoms with Crippen LogP contribution in [-0.4, -0.2) is 4.99 Å². The Morgan fingerprint density at radius 3 is 1.43 bits per heavy atom. The Labute approximate surface area is 364 Å². The second-order valence-corrected chi connectivity index (χ2v) is 25.6. The fourth-order valence-electron chi connectivity index (χ4n) is 9.47. The van der Waals surface area contributed by atoms with E-state index in [1.54, 1.807) is 23.9 Å². The number of aryl methyl sites for hydroxylation is 2. The van der Waals surface area contributed by atoms with Crippen molar-refractivity contribution < 1.29 is 13.2 Å². The van der Waals surface area contributed by atoms with Gasteiger partial charge in [-0.15, -0.1) is 11.8 Å². The number of anilines is 1. The number of alkyl halides is 3. The van der Waals surface area contributed by atoms with Gasteiger partial charge >= 0.3 is 6.18 Å². The largest absolute Gasteiger partial charge is 0.416 e. The maximum atomic E-state index is 14.0. The topological polar surface area (TPSA) is 26.0 Å². The highest BCUT2D eigenvalue weighted by Gasteiger charge is 2.47. The molecule has 5 aromatic carbocycles. The third kappa shape index (κ3) is 8.87. The quantitative estimate of drug-likeness (QED) is 0.100. The fourth-order valence-corrected chi connectivity index (χ4v) is 14.3. The van der Waals surface area contributed by atoms with Gasteiger partial charge in [-0.1, -0.05) is 150 Å². The zero-order valence-corrected chi connectivity index (χ0v) is 39.6. The summed E-state index contributed by atoms with van der Waals surface area (Å²) in [4.78, 5) is 0.838. The van der Waals surface area contributed by atoms with Gasteiger partial charge in [-0.25, -0.2) is 0 Å². The molecule has 0 heterocycles. The molecule has 0 saturated carbocycles. The lowest BCUT2D eigenvalue weighted by molar-refractivity contribution is -0.137. The van der Waals surface area contributed by atoms with Gasteiger partial charge in [-0.3, -0.25) is 0 Å². The minimum Gasteiger partial charge on any atom is -0.398 e. The van der Waals surface area contributed by atoms with Crippen LogP contribution in [-0.2, 0) is 52.5 Å². The molecule has 2 N–H and O–H groups in total. The summed E-state index contributed by atoms with van der Waals surface area (Å²) in [7, 11) is -1.12. The normalized spacial score (nSPS) is 17.7. The summed E-state index contributed by atoms with van der Waals surface area (Å²) in [6.45, 7) is 27.6. The monoisotopic (exact) mass is 847 g/mol. The predicted molar refractivity (Wildman–Crippen MR) is 253 cm³/mol. The van der Waals surface area contributed by atoms with Crippen molar-refractivity contribution in [2.45, 2.75) is 158 Å². The molecule has 318 valence electrons. The molecular weight excluding hydrogens is 783 g/mol. The number of fused-ring (bicyclic) bond motifs is 4. The molecule has 2 aliphatic rings. The molecule has 6 heteroatoms. The molecule has 0 radical (unpaired) electrons. The van der Waals surface area contributed by atoms with Crippen molar-refractivity contribution in [3.8, 4) is 0 Å². The van der Waals surface area contributed by atoms with Crippen molar-refractivity contribution in [3.63, 3.8) is 0 Å². The van der Waals surface area contributed by atoms with Crippen LogP contribution in [0.2, 0.25) is 0 Å². The first-order valence-electron chi connectivity index (χ1n) is 21.7. The van der Waals surface area contributed by atoms with Crippen molar-refractivity contribution in [3.05, 3.63) is 153 Å². The van der Waals surface area contributed by atoms with Crippen molar-refractivity contribution in [1.82, 2.24) is 0 Å². The molecule has 0 fully saturated rings. The molecule has 60 heavy (non-hydrogen) atoms. The Hall–Kier alpha value is -3.53. The number of hydrogen-bond acceptors (Lipinski definition) is 2. The Kier molecular flexibility index (Phi) is 11.6. The van der Waals surface area contributed by atoms with Crippen molar-refractivity contribution in [2.24, 2.45) is 0 Å². The van der Waals surface area contributed by atoms with Crippen LogP contribution >= 0.6 is 19.7 Å². The van der Waals surface area contributed by atoms with E-state index in [-0.39, 0.29) is 32.1 Å². The van der Waals surface area contributed by atoms with Gasteiger partial charge in [0.05, 0.1) is 5.56 Å². The predicted octanol–water partition coefficient (Wildman–Crippen LogP) is 14.4. The molecule has 1 nitrogen and oxygen atoms in total. The van der Waals surface area contributed by atoms with E-state index in [1.807, 2.05) is 0 Å². The first-order chi connectivity index (χ1) is 27.8. The van der Waals surface area contributed by atoms with Crippen molar-refractivity contribution in [2.75, 3.05) is 5.73 Å². The van der Waals surface area contributed by atoms with E-state index in [1.165, 1.54) is 72.8 Å². The van der Waals surface area contributed by atoms with Gasteiger partial charge in [0, 0.05) is 21.0 Å². The molecule has 0 aliphatic heterocycles. The number of nitrogens with two attached hydrogens (primary N) is 1. The lowest BCUT2D eigenvalue weighted by Gasteiger charge is -2.35. The van der Waals surface area contributed by atoms with E-state index in [0.29, 0.717) is 0 Å². The van der Waals surface area contributed by atoms with Crippen LogP contribution in [0.15, 0.2) is 102 Å². The van der Waals surface area contributed by atoms with Crippen molar-refractivity contribution >= 4 is 36.0 Å². The Morgan fingerprint density at radius 1 is 0.567 bits per heavy atom.